The Kier molecular flexibility index (Phi) is 3.97. The normalized spacial score (nSPS) is 26.5. The molecule has 0 aromatic carbocycles. The van der Waals surface area contributed by atoms with Gasteiger partial charge in [-0.25, -0.2) is 0 Å². The van der Waals surface area contributed by atoms with Crippen molar-refractivity contribution >= 4 is 5.71 Å². The molecule has 1 aliphatic rings. The summed E-state index contributed by atoms with van der Waals surface area (Å²) in [6.45, 7) is 0.521. The molecule has 1 aliphatic carbocycles. The molecule has 68 valence electrons. The van der Waals surface area contributed by atoms with Crippen molar-refractivity contribution in [3.8, 4) is 0 Å². The van der Waals surface area contributed by atoms with E-state index in [-0.39, 0.29) is 12.7 Å². The van der Waals surface area contributed by atoms with Crippen LogP contribution in [0.3, 0.4) is 0 Å². The van der Waals surface area contributed by atoms with Crippen molar-refractivity contribution in [2.75, 3.05) is 20.3 Å². The van der Waals surface area contributed by atoms with Gasteiger partial charge in [-0.2, -0.15) is 0 Å². The van der Waals surface area contributed by atoms with Crippen molar-refractivity contribution in [2.45, 2.75) is 18.9 Å². The molecule has 1 rings (SSSR count). The van der Waals surface area contributed by atoms with Gasteiger partial charge in [-0.15, -0.1) is 0 Å². The molecule has 1 N–H and O–H groups in total. The first-order chi connectivity index (χ1) is 5.86. The van der Waals surface area contributed by atoms with Crippen LogP contribution in [0.5, 0.6) is 0 Å². The van der Waals surface area contributed by atoms with Gasteiger partial charge in [0.1, 0.15) is 0 Å². The molecular formula is C9H15NO2. The third-order valence-corrected chi connectivity index (χ3v) is 1.90. The van der Waals surface area contributed by atoms with E-state index in [0.717, 1.165) is 18.6 Å². The summed E-state index contributed by atoms with van der Waals surface area (Å²) in [6.07, 6.45) is 6.11. The van der Waals surface area contributed by atoms with Gasteiger partial charge in [0.15, 0.2) is 0 Å². The van der Waals surface area contributed by atoms with Crippen LogP contribution in [-0.4, -0.2) is 37.2 Å². The fraction of sp³-hybridized carbons (Fsp3) is 0.667. The Morgan fingerprint density at radius 3 is 3.08 bits per heavy atom. The number of nitrogens with zero attached hydrogens (tertiary/aromatic N) is 1. The van der Waals surface area contributed by atoms with Crippen molar-refractivity contribution in [1.82, 2.24) is 0 Å². The number of allylic oxidation sites excluding steroid dienone is 1. The molecule has 0 aromatic rings. The van der Waals surface area contributed by atoms with Crippen molar-refractivity contribution in [3.63, 3.8) is 0 Å². The summed E-state index contributed by atoms with van der Waals surface area (Å²) in [5.74, 6) is 0. The van der Waals surface area contributed by atoms with Gasteiger partial charge in [0.05, 0.1) is 19.3 Å². The van der Waals surface area contributed by atoms with Crippen molar-refractivity contribution in [3.05, 3.63) is 12.2 Å². The maximum Gasteiger partial charge on any atom is 0.0764 e. The zero-order valence-electron chi connectivity index (χ0n) is 7.36. The standard InChI is InChI=1S/C9H15NO2/c1-10-8-2-4-9(5-3-8)12-7-6-11/h2,4,9,11H,3,5-7H2,1H3. The SMILES string of the molecule is CN=C1C=CC(OCCO)CC1. The van der Waals surface area contributed by atoms with Crippen molar-refractivity contribution in [1.29, 1.82) is 0 Å². The Hall–Kier alpha value is -0.670. The molecule has 3 heteroatoms. The van der Waals surface area contributed by atoms with E-state index >= 15 is 0 Å². The Morgan fingerprint density at radius 2 is 2.58 bits per heavy atom. The third-order valence-electron chi connectivity index (χ3n) is 1.90. The second-order valence-corrected chi connectivity index (χ2v) is 2.75. The molecule has 0 fully saturated rings. The molecule has 0 radical (unpaired) electrons. The molecule has 0 amide bonds. The fourth-order valence-electron chi connectivity index (χ4n) is 1.22. The van der Waals surface area contributed by atoms with Gasteiger partial charge in [0.25, 0.3) is 0 Å². The van der Waals surface area contributed by atoms with E-state index in [2.05, 4.69) is 4.99 Å². The first-order valence-corrected chi connectivity index (χ1v) is 4.23. The van der Waals surface area contributed by atoms with Gasteiger partial charge in [-0.1, -0.05) is 6.08 Å². The first-order valence-electron chi connectivity index (χ1n) is 4.23. The predicted molar refractivity (Wildman–Crippen MR) is 48.6 cm³/mol. The average Bonchev–Trinajstić information content (AvgIpc) is 2.15. The highest BCUT2D eigenvalue weighted by Gasteiger charge is 2.10. The summed E-state index contributed by atoms with van der Waals surface area (Å²) in [6, 6.07) is 0. The van der Waals surface area contributed by atoms with Crippen LogP contribution in [0.4, 0.5) is 0 Å². The van der Waals surface area contributed by atoms with E-state index in [1.54, 1.807) is 7.05 Å². The summed E-state index contributed by atoms with van der Waals surface area (Å²) >= 11 is 0. The van der Waals surface area contributed by atoms with E-state index in [0.29, 0.717) is 6.61 Å². The minimum absolute atomic E-state index is 0.0963. The molecule has 0 aromatic heterocycles. The van der Waals surface area contributed by atoms with E-state index in [1.165, 1.54) is 0 Å². The lowest BCUT2D eigenvalue weighted by atomic mass is 10.0. The molecule has 0 spiro atoms. The number of hydrogen-bond acceptors (Lipinski definition) is 3. The van der Waals surface area contributed by atoms with Crippen LogP contribution in [0.15, 0.2) is 17.1 Å². The largest absolute Gasteiger partial charge is 0.394 e. The Labute approximate surface area is 72.8 Å². The van der Waals surface area contributed by atoms with E-state index in [4.69, 9.17) is 9.84 Å². The number of aliphatic imine (C=N–C) groups is 1. The molecule has 0 saturated heterocycles. The number of hydrogen-bond donors (Lipinski definition) is 1. The highest BCUT2D eigenvalue weighted by molar-refractivity contribution is 5.95. The second kappa shape index (κ2) is 5.06. The summed E-state index contributed by atoms with van der Waals surface area (Å²) in [5.41, 5.74) is 1.12. The molecule has 1 atom stereocenters. The average molecular weight is 169 g/mol. The van der Waals surface area contributed by atoms with Crippen LogP contribution in [0.25, 0.3) is 0 Å². The zero-order valence-corrected chi connectivity index (χ0v) is 7.36. The van der Waals surface area contributed by atoms with Gasteiger partial charge in [0.2, 0.25) is 0 Å². The number of aliphatic hydroxyl groups is 1. The summed E-state index contributed by atoms with van der Waals surface area (Å²) in [5, 5.41) is 8.52. The van der Waals surface area contributed by atoms with Gasteiger partial charge >= 0.3 is 0 Å². The number of ether oxygens (including phenoxy) is 1. The van der Waals surface area contributed by atoms with Crippen LogP contribution in [0.2, 0.25) is 0 Å². The lowest BCUT2D eigenvalue weighted by Crippen LogP contribution is -2.18. The van der Waals surface area contributed by atoms with Crippen LogP contribution >= 0.6 is 0 Å². The maximum absolute atomic E-state index is 8.52. The summed E-state index contributed by atoms with van der Waals surface area (Å²) < 4.78 is 5.33. The minimum atomic E-state index is 0.0963. The summed E-state index contributed by atoms with van der Waals surface area (Å²) in [7, 11) is 1.80. The highest BCUT2D eigenvalue weighted by atomic mass is 16.5. The Morgan fingerprint density at radius 1 is 1.75 bits per heavy atom. The quantitative estimate of drug-likeness (QED) is 0.678. The molecule has 0 saturated carbocycles. The lowest BCUT2D eigenvalue weighted by Gasteiger charge is -2.17. The van der Waals surface area contributed by atoms with E-state index in [9.17, 15) is 0 Å². The fourth-order valence-corrected chi connectivity index (χ4v) is 1.22. The molecule has 0 heterocycles. The number of aliphatic hydroxyl groups excluding tert-OH is 1. The van der Waals surface area contributed by atoms with Gasteiger partial charge in [-0.05, 0) is 18.9 Å². The first kappa shape index (κ1) is 9.42. The van der Waals surface area contributed by atoms with Gasteiger partial charge in [0, 0.05) is 12.8 Å². The van der Waals surface area contributed by atoms with E-state index in [1.807, 2.05) is 12.2 Å². The molecular weight excluding hydrogens is 154 g/mol. The maximum atomic E-state index is 8.52. The highest BCUT2D eigenvalue weighted by Crippen LogP contribution is 2.11. The summed E-state index contributed by atoms with van der Waals surface area (Å²) in [4.78, 5) is 4.09. The Balaban J connectivity index is 2.33. The molecule has 1 unspecified atom stereocenters. The van der Waals surface area contributed by atoms with Crippen molar-refractivity contribution < 1.29 is 9.84 Å². The van der Waals surface area contributed by atoms with Crippen LogP contribution < -0.4 is 0 Å². The third kappa shape index (κ3) is 2.75. The molecule has 0 bridgehead atoms. The lowest BCUT2D eigenvalue weighted by molar-refractivity contribution is 0.0505. The van der Waals surface area contributed by atoms with Crippen LogP contribution in [0.1, 0.15) is 12.8 Å². The van der Waals surface area contributed by atoms with Crippen molar-refractivity contribution in [2.24, 2.45) is 4.99 Å². The van der Waals surface area contributed by atoms with Crippen LogP contribution in [-0.2, 0) is 4.74 Å². The smallest absolute Gasteiger partial charge is 0.0764 e. The van der Waals surface area contributed by atoms with Gasteiger partial charge < -0.3 is 9.84 Å². The minimum Gasteiger partial charge on any atom is -0.394 e. The zero-order chi connectivity index (χ0) is 8.81. The molecule has 12 heavy (non-hydrogen) atoms. The molecule has 3 nitrogen and oxygen atoms in total. The second-order valence-electron chi connectivity index (χ2n) is 2.75. The van der Waals surface area contributed by atoms with Gasteiger partial charge in [-0.3, -0.25) is 4.99 Å². The molecule has 0 aliphatic heterocycles. The predicted octanol–water partition coefficient (Wildman–Crippen LogP) is 0.785. The van der Waals surface area contributed by atoms with E-state index < -0.39 is 0 Å². The Bertz CT molecular complexity index is 187. The number of rotatable bonds is 3. The van der Waals surface area contributed by atoms with Crippen LogP contribution in [0, 0.1) is 0 Å². The topological polar surface area (TPSA) is 41.8 Å². The monoisotopic (exact) mass is 169 g/mol.